The molecule has 0 aromatic rings. The van der Waals surface area contributed by atoms with Crippen LogP contribution in [0.5, 0.6) is 0 Å². The minimum absolute atomic E-state index is 0.0415. The molecular weight excluding hydrogens is 148 g/mol. The summed E-state index contributed by atoms with van der Waals surface area (Å²) in [5.41, 5.74) is 0. The molecule has 0 heterocycles. The number of ether oxygens (including phenoxy) is 2. The Labute approximate surface area is 66.1 Å². The van der Waals surface area contributed by atoms with Crippen LogP contribution >= 0.6 is 0 Å². The van der Waals surface area contributed by atoms with Crippen LogP contribution in [0.1, 0.15) is 12.8 Å². The number of aliphatic hydroxyl groups excluding tert-OH is 1. The van der Waals surface area contributed by atoms with Crippen molar-refractivity contribution in [1.29, 1.82) is 0 Å². The van der Waals surface area contributed by atoms with E-state index in [4.69, 9.17) is 9.84 Å². The van der Waals surface area contributed by atoms with Crippen molar-refractivity contribution in [3.8, 4) is 0 Å². The lowest BCUT2D eigenvalue weighted by Gasteiger charge is -2.07. The Morgan fingerprint density at radius 1 is 1.55 bits per heavy atom. The monoisotopic (exact) mass is 162 g/mol. The maximum absolute atomic E-state index is 10.6. The van der Waals surface area contributed by atoms with Gasteiger partial charge in [-0.2, -0.15) is 0 Å². The molecule has 66 valence electrons. The fourth-order valence-electron chi connectivity index (χ4n) is 0.632. The molecule has 0 fully saturated rings. The highest BCUT2D eigenvalue weighted by molar-refractivity contribution is 5.69. The van der Waals surface area contributed by atoms with E-state index < -0.39 is 12.1 Å². The second kappa shape index (κ2) is 6.12. The molecule has 0 bridgehead atoms. The first-order chi connectivity index (χ1) is 5.20. The van der Waals surface area contributed by atoms with Crippen LogP contribution in [0, 0.1) is 0 Å². The van der Waals surface area contributed by atoms with Crippen LogP contribution in [-0.4, -0.2) is 38.0 Å². The van der Waals surface area contributed by atoms with E-state index in [0.717, 1.165) is 0 Å². The molecule has 0 aliphatic rings. The summed E-state index contributed by atoms with van der Waals surface area (Å²) in [5.74, 6) is -0.395. The molecule has 0 aromatic carbocycles. The topological polar surface area (TPSA) is 55.8 Å². The van der Waals surface area contributed by atoms with E-state index in [1.54, 1.807) is 7.11 Å². The summed E-state index contributed by atoms with van der Waals surface area (Å²) in [6.07, 6.45) is -0.145. The van der Waals surface area contributed by atoms with Crippen molar-refractivity contribution in [2.75, 3.05) is 20.8 Å². The molecule has 11 heavy (non-hydrogen) atoms. The number of carbonyl (C=O) groups is 1. The van der Waals surface area contributed by atoms with Gasteiger partial charge in [0.1, 0.15) is 0 Å². The molecule has 1 unspecified atom stereocenters. The maximum atomic E-state index is 10.6. The summed E-state index contributed by atoms with van der Waals surface area (Å²) in [6, 6.07) is 0. The summed E-state index contributed by atoms with van der Waals surface area (Å²) < 4.78 is 9.08. The summed E-state index contributed by atoms with van der Waals surface area (Å²) in [4.78, 5) is 10.6. The molecule has 0 saturated carbocycles. The van der Waals surface area contributed by atoms with Crippen molar-refractivity contribution in [2.24, 2.45) is 0 Å². The second-order valence-corrected chi connectivity index (χ2v) is 2.22. The third-order valence-corrected chi connectivity index (χ3v) is 1.29. The number of carbonyl (C=O) groups excluding carboxylic acids is 1. The largest absolute Gasteiger partial charge is 0.469 e. The SMILES string of the molecule is COCCC(O)CC(=O)OC. The smallest absolute Gasteiger partial charge is 0.308 e. The van der Waals surface area contributed by atoms with Crippen LogP contribution in [0.25, 0.3) is 0 Å². The van der Waals surface area contributed by atoms with Crippen molar-refractivity contribution in [1.82, 2.24) is 0 Å². The van der Waals surface area contributed by atoms with Crippen LogP contribution in [-0.2, 0) is 14.3 Å². The number of hydrogen-bond acceptors (Lipinski definition) is 4. The van der Waals surface area contributed by atoms with E-state index in [2.05, 4.69) is 4.74 Å². The van der Waals surface area contributed by atoms with Gasteiger partial charge in [-0.3, -0.25) is 4.79 Å². The molecule has 0 aliphatic heterocycles. The first-order valence-electron chi connectivity index (χ1n) is 3.44. The average Bonchev–Trinajstić information content (AvgIpc) is 2.00. The third kappa shape index (κ3) is 5.82. The van der Waals surface area contributed by atoms with Gasteiger partial charge in [0.05, 0.1) is 19.6 Å². The Morgan fingerprint density at radius 3 is 2.64 bits per heavy atom. The predicted octanol–water partition coefficient (Wildman–Crippen LogP) is -0.0531. The second-order valence-electron chi connectivity index (χ2n) is 2.22. The van der Waals surface area contributed by atoms with Gasteiger partial charge in [0.25, 0.3) is 0 Å². The van der Waals surface area contributed by atoms with Gasteiger partial charge in [-0.1, -0.05) is 0 Å². The van der Waals surface area contributed by atoms with Gasteiger partial charge >= 0.3 is 5.97 Å². The number of rotatable bonds is 5. The fraction of sp³-hybridized carbons (Fsp3) is 0.857. The zero-order valence-electron chi connectivity index (χ0n) is 6.87. The quantitative estimate of drug-likeness (QED) is 0.576. The van der Waals surface area contributed by atoms with E-state index in [-0.39, 0.29) is 6.42 Å². The van der Waals surface area contributed by atoms with Crippen molar-refractivity contribution in [2.45, 2.75) is 18.9 Å². The van der Waals surface area contributed by atoms with Gasteiger partial charge < -0.3 is 14.6 Å². The van der Waals surface area contributed by atoms with Gasteiger partial charge in [0.2, 0.25) is 0 Å². The molecule has 1 N–H and O–H groups in total. The normalized spacial score (nSPS) is 12.6. The summed E-state index contributed by atoms with van der Waals surface area (Å²) in [5, 5.41) is 9.10. The maximum Gasteiger partial charge on any atom is 0.308 e. The highest BCUT2D eigenvalue weighted by Crippen LogP contribution is 1.98. The van der Waals surface area contributed by atoms with Crippen LogP contribution in [0.3, 0.4) is 0 Å². The zero-order chi connectivity index (χ0) is 8.69. The lowest BCUT2D eigenvalue weighted by Crippen LogP contribution is -2.16. The Morgan fingerprint density at radius 2 is 2.18 bits per heavy atom. The number of aliphatic hydroxyl groups is 1. The van der Waals surface area contributed by atoms with Gasteiger partial charge in [-0.25, -0.2) is 0 Å². The predicted molar refractivity (Wildman–Crippen MR) is 39.1 cm³/mol. The Hall–Kier alpha value is -0.610. The lowest BCUT2D eigenvalue weighted by atomic mass is 10.2. The van der Waals surface area contributed by atoms with E-state index >= 15 is 0 Å². The van der Waals surface area contributed by atoms with E-state index in [9.17, 15) is 4.79 Å². The highest BCUT2D eigenvalue weighted by atomic mass is 16.5. The summed E-state index contributed by atoms with van der Waals surface area (Å²) >= 11 is 0. The van der Waals surface area contributed by atoms with E-state index in [1.807, 2.05) is 0 Å². The Balaban J connectivity index is 3.35. The summed E-state index contributed by atoms with van der Waals surface area (Å²) in [6.45, 7) is 0.457. The number of hydrogen-bond donors (Lipinski definition) is 1. The molecule has 0 saturated heterocycles. The molecule has 0 spiro atoms. The molecular formula is C7H14O4. The lowest BCUT2D eigenvalue weighted by molar-refractivity contribution is -0.143. The molecule has 0 aliphatic carbocycles. The first-order valence-corrected chi connectivity index (χ1v) is 3.44. The average molecular weight is 162 g/mol. The molecule has 4 nitrogen and oxygen atoms in total. The standard InChI is InChI=1S/C7H14O4/c1-10-4-3-6(8)5-7(9)11-2/h6,8H,3-5H2,1-2H3. The molecule has 0 radical (unpaired) electrons. The molecule has 4 heteroatoms. The van der Waals surface area contributed by atoms with Gasteiger partial charge in [-0.05, 0) is 6.42 Å². The molecule has 1 atom stereocenters. The fourth-order valence-corrected chi connectivity index (χ4v) is 0.632. The van der Waals surface area contributed by atoms with Gasteiger partial charge in [0, 0.05) is 13.7 Å². The Bertz CT molecular complexity index is 113. The van der Waals surface area contributed by atoms with Crippen LogP contribution < -0.4 is 0 Å². The van der Waals surface area contributed by atoms with Gasteiger partial charge in [0.15, 0.2) is 0 Å². The van der Waals surface area contributed by atoms with E-state index in [0.29, 0.717) is 13.0 Å². The molecule has 0 aromatic heterocycles. The van der Waals surface area contributed by atoms with Crippen molar-refractivity contribution in [3.05, 3.63) is 0 Å². The van der Waals surface area contributed by atoms with Crippen LogP contribution in [0.15, 0.2) is 0 Å². The Kier molecular flexibility index (Phi) is 5.78. The zero-order valence-corrected chi connectivity index (χ0v) is 6.87. The van der Waals surface area contributed by atoms with E-state index in [1.165, 1.54) is 7.11 Å². The van der Waals surface area contributed by atoms with Crippen LogP contribution in [0.4, 0.5) is 0 Å². The third-order valence-electron chi connectivity index (χ3n) is 1.29. The van der Waals surface area contributed by atoms with Crippen molar-refractivity contribution in [3.63, 3.8) is 0 Å². The molecule has 0 rings (SSSR count). The molecule has 0 amide bonds. The summed E-state index contributed by atoms with van der Waals surface area (Å²) in [7, 11) is 2.84. The highest BCUT2D eigenvalue weighted by Gasteiger charge is 2.09. The van der Waals surface area contributed by atoms with Crippen LogP contribution in [0.2, 0.25) is 0 Å². The minimum atomic E-state index is -0.651. The van der Waals surface area contributed by atoms with Crippen molar-refractivity contribution < 1.29 is 19.4 Å². The number of esters is 1. The number of methoxy groups -OCH3 is 2. The van der Waals surface area contributed by atoms with Gasteiger partial charge in [-0.15, -0.1) is 0 Å². The first kappa shape index (κ1) is 10.4. The van der Waals surface area contributed by atoms with Crippen molar-refractivity contribution >= 4 is 5.97 Å². The minimum Gasteiger partial charge on any atom is -0.469 e.